The number of nitrogens with one attached hydrogen (secondary N) is 1. The third-order valence-corrected chi connectivity index (χ3v) is 8.07. The van der Waals surface area contributed by atoms with Gasteiger partial charge in [0.15, 0.2) is 0 Å². The molecule has 0 heterocycles. The van der Waals surface area contributed by atoms with Crippen LogP contribution in [0.15, 0.2) is 42.5 Å². The van der Waals surface area contributed by atoms with Crippen molar-refractivity contribution in [2.24, 2.45) is 11.8 Å². The van der Waals surface area contributed by atoms with Crippen LogP contribution in [0.5, 0.6) is 11.5 Å². The molecule has 1 N–H and O–H groups in total. The largest absolute Gasteiger partial charge is 0.497 e. The van der Waals surface area contributed by atoms with Gasteiger partial charge in [0.25, 0.3) is 0 Å². The van der Waals surface area contributed by atoms with E-state index in [9.17, 15) is 9.59 Å². The van der Waals surface area contributed by atoms with E-state index in [2.05, 4.69) is 29.6 Å². The molecular formula is C28H34N2O4. The average Bonchev–Trinajstić information content (AvgIpc) is 3.67. The number of ether oxygens (including phenoxy) is 2. The number of benzene rings is 2. The van der Waals surface area contributed by atoms with Gasteiger partial charge in [0.05, 0.1) is 19.9 Å². The Labute approximate surface area is 201 Å². The molecular weight excluding hydrogens is 428 g/mol. The highest BCUT2D eigenvalue weighted by Gasteiger charge is 2.55. The summed E-state index contributed by atoms with van der Waals surface area (Å²) < 4.78 is 10.8. The van der Waals surface area contributed by atoms with Crippen molar-refractivity contribution < 1.29 is 19.1 Å². The summed E-state index contributed by atoms with van der Waals surface area (Å²) in [5.74, 6) is 2.04. The monoisotopic (exact) mass is 462 g/mol. The van der Waals surface area contributed by atoms with Crippen molar-refractivity contribution in [1.82, 2.24) is 4.90 Å². The molecule has 2 fully saturated rings. The van der Waals surface area contributed by atoms with Crippen LogP contribution in [0.1, 0.15) is 50.2 Å². The predicted molar refractivity (Wildman–Crippen MR) is 131 cm³/mol. The first-order chi connectivity index (χ1) is 16.4. The minimum atomic E-state index is -0.842. The summed E-state index contributed by atoms with van der Waals surface area (Å²) in [5, 5.41) is 3.14. The molecule has 2 saturated carbocycles. The van der Waals surface area contributed by atoms with Gasteiger partial charge < -0.3 is 19.7 Å². The van der Waals surface area contributed by atoms with Crippen molar-refractivity contribution in [2.45, 2.75) is 63.5 Å². The molecule has 0 saturated heterocycles. The Kier molecular flexibility index (Phi) is 6.00. The maximum atomic E-state index is 14.1. The number of fused-ring (bicyclic) bond motifs is 2. The van der Waals surface area contributed by atoms with Crippen molar-refractivity contribution in [2.75, 3.05) is 19.5 Å². The Balaban J connectivity index is 1.48. The Bertz CT molecular complexity index is 1100. The van der Waals surface area contributed by atoms with Crippen LogP contribution in [0.2, 0.25) is 0 Å². The minimum Gasteiger partial charge on any atom is -0.497 e. The van der Waals surface area contributed by atoms with E-state index in [1.165, 1.54) is 11.1 Å². The van der Waals surface area contributed by atoms with Crippen LogP contribution in [0.4, 0.5) is 5.69 Å². The van der Waals surface area contributed by atoms with Gasteiger partial charge in [-0.15, -0.1) is 0 Å². The van der Waals surface area contributed by atoms with Gasteiger partial charge in [0, 0.05) is 19.0 Å². The number of carbonyl (C=O) groups is 2. The summed E-state index contributed by atoms with van der Waals surface area (Å²) in [5.41, 5.74) is 2.58. The summed E-state index contributed by atoms with van der Waals surface area (Å²) in [6, 6.07) is 14.2. The van der Waals surface area contributed by atoms with Crippen LogP contribution in [0, 0.1) is 11.8 Å². The molecule has 180 valence electrons. The molecule has 6 nitrogen and oxygen atoms in total. The van der Waals surface area contributed by atoms with Gasteiger partial charge in [-0.1, -0.05) is 24.3 Å². The van der Waals surface area contributed by atoms with Crippen LogP contribution >= 0.6 is 0 Å². The highest BCUT2D eigenvalue weighted by Crippen LogP contribution is 2.49. The number of methoxy groups -OCH3 is 2. The second-order valence-electron chi connectivity index (χ2n) is 10.1. The standard InChI is InChI=1S/C28H34N2O4/c1-18(31)30(23-8-9-23)28(27(32)29-25-11-10-24(33-2)16-26(25)34-3)13-12-21-14-19-6-4-5-7-20(19)15-22(21)17-28/h4-7,10-11,16,21-23H,8-9,12-15,17H2,1-3H3,(H,29,32)/t21-,22+,28?/m1/s1. The van der Waals surface area contributed by atoms with E-state index in [4.69, 9.17) is 9.47 Å². The fourth-order valence-electron chi connectivity index (χ4n) is 6.31. The zero-order valence-corrected chi connectivity index (χ0v) is 20.3. The summed E-state index contributed by atoms with van der Waals surface area (Å²) in [7, 11) is 3.18. The first-order valence-corrected chi connectivity index (χ1v) is 12.4. The number of anilines is 1. The highest BCUT2D eigenvalue weighted by molar-refractivity contribution is 6.01. The van der Waals surface area contributed by atoms with E-state index in [0.717, 1.165) is 32.1 Å². The minimum absolute atomic E-state index is 0.00555. The number of carbonyl (C=O) groups excluding carboxylic acids is 2. The zero-order valence-electron chi connectivity index (χ0n) is 20.3. The smallest absolute Gasteiger partial charge is 0.250 e. The van der Waals surface area contributed by atoms with E-state index < -0.39 is 5.54 Å². The Morgan fingerprint density at radius 1 is 0.971 bits per heavy atom. The molecule has 5 rings (SSSR count). The molecule has 2 aromatic carbocycles. The van der Waals surface area contributed by atoms with Gasteiger partial charge in [-0.05, 0) is 80.0 Å². The molecule has 3 aliphatic rings. The maximum Gasteiger partial charge on any atom is 0.250 e. The molecule has 6 heteroatoms. The van der Waals surface area contributed by atoms with Crippen LogP contribution in [0.25, 0.3) is 0 Å². The van der Waals surface area contributed by atoms with Crippen molar-refractivity contribution >= 4 is 17.5 Å². The lowest BCUT2D eigenvalue weighted by molar-refractivity contribution is -0.149. The van der Waals surface area contributed by atoms with Gasteiger partial charge in [-0.25, -0.2) is 0 Å². The number of nitrogens with zero attached hydrogens (tertiary/aromatic N) is 1. The number of hydrogen-bond acceptors (Lipinski definition) is 4. The van der Waals surface area contributed by atoms with Crippen molar-refractivity contribution in [3.63, 3.8) is 0 Å². The zero-order chi connectivity index (χ0) is 23.9. The van der Waals surface area contributed by atoms with E-state index in [1.807, 2.05) is 11.0 Å². The molecule has 2 aromatic rings. The molecule has 34 heavy (non-hydrogen) atoms. The van der Waals surface area contributed by atoms with Crippen molar-refractivity contribution in [1.29, 1.82) is 0 Å². The molecule has 0 aliphatic heterocycles. The van der Waals surface area contributed by atoms with Crippen LogP contribution in [0.3, 0.4) is 0 Å². The van der Waals surface area contributed by atoms with E-state index in [1.54, 1.807) is 33.3 Å². The molecule has 0 radical (unpaired) electrons. The molecule has 0 aromatic heterocycles. The van der Waals surface area contributed by atoms with E-state index >= 15 is 0 Å². The lowest BCUT2D eigenvalue weighted by Gasteiger charge is -2.51. The summed E-state index contributed by atoms with van der Waals surface area (Å²) in [4.78, 5) is 29.0. The summed E-state index contributed by atoms with van der Waals surface area (Å²) >= 11 is 0. The quantitative estimate of drug-likeness (QED) is 0.681. The van der Waals surface area contributed by atoms with Gasteiger partial charge in [-0.3, -0.25) is 9.59 Å². The van der Waals surface area contributed by atoms with Crippen LogP contribution in [-0.4, -0.2) is 42.5 Å². The summed E-state index contributed by atoms with van der Waals surface area (Å²) in [6.07, 6.45) is 6.31. The first-order valence-electron chi connectivity index (χ1n) is 12.4. The van der Waals surface area contributed by atoms with E-state index in [0.29, 0.717) is 41.9 Å². The Morgan fingerprint density at radius 2 is 1.68 bits per heavy atom. The number of rotatable bonds is 6. The molecule has 3 aliphatic carbocycles. The normalized spacial score (nSPS) is 25.5. The molecule has 1 unspecified atom stereocenters. The fraction of sp³-hybridized carbons (Fsp3) is 0.500. The first kappa shape index (κ1) is 22.8. The second-order valence-corrected chi connectivity index (χ2v) is 10.1. The number of hydrogen-bond donors (Lipinski definition) is 1. The molecule has 0 bridgehead atoms. The topological polar surface area (TPSA) is 67.9 Å². The second kappa shape index (κ2) is 8.97. The molecule has 3 atom stereocenters. The summed E-state index contributed by atoms with van der Waals surface area (Å²) in [6.45, 7) is 1.61. The van der Waals surface area contributed by atoms with Gasteiger partial charge >= 0.3 is 0 Å². The lowest BCUT2D eigenvalue weighted by Crippen LogP contribution is -2.62. The number of amides is 2. The molecule has 0 spiro atoms. The van der Waals surface area contributed by atoms with Gasteiger partial charge in [0.2, 0.25) is 11.8 Å². The van der Waals surface area contributed by atoms with Crippen molar-refractivity contribution in [3.05, 3.63) is 53.6 Å². The SMILES string of the molecule is COc1ccc(NC(=O)C2(N(C(C)=O)C3CC3)CC[C@@H]3Cc4ccccc4C[C@H]3C2)c(OC)c1. The average molecular weight is 463 g/mol. The van der Waals surface area contributed by atoms with Crippen molar-refractivity contribution in [3.8, 4) is 11.5 Å². The Morgan fingerprint density at radius 3 is 2.29 bits per heavy atom. The third-order valence-electron chi connectivity index (χ3n) is 8.07. The third kappa shape index (κ3) is 4.04. The Hall–Kier alpha value is -3.02. The fourth-order valence-corrected chi connectivity index (χ4v) is 6.31. The van der Waals surface area contributed by atoms with Crippen LogP contribution < -0.4 is 14.8 Å². The van der Waals surface area contributed by atoms with E-state index in [-0.39, 0.29) is 17.9 Å². The van der Waals surface area contributed by atoms with Crippen LogP contribution in [-0.2, 0) is 22.4 Å². The van der Waals surface area contributed by atoms with Gasteiger partial charge in [-0.2, -0.15) is 0 Å². The highest BCUT2D eigenvalue weighted by atomic mass is 16.5. The maximum absolute atomic E-state index is 14.1. The molecule has 2 amide bonds. The van der Waals surface area contributed by atoms with Gasteiger partial charge in [0.1, 0.15) is 17.0 Å². The predicted octanol–water partition coefficient (Wildman–Crippen LogP) is 4.61. The lowest BCUT2D eigenvalue weighted by atomic mass is 9.62.